The van der Waals surface area contributed by atoms with Gasteiger partial charge in [0.2, 0.25) is 5.82 Å². The minimum absolute atomic E-state index is 0.226. The molecule has 5 rings (SSSR count). The number of aromatic nitrogens is 4. The molecule has 1 saturated carbocycles. The van der Waals surface area contributed by atoms with E-state index in [4.69, 9.17) is 14.4 Å². The molecule has 168 valence electrons. The fourth-order valence-corrected chi connectivity index (χ4v) is 4.66. The van der Waals surface area contributed by atoms with Gasteiger partial charge in [-0.2, -0.15) is 10.1 Å². The van der Waals surface area contributed by atoms with E-state index in [1.807, 2.05) is 30.5 Å². The van der Waals surface area contributed by atoms with Crippen LogP contribution in [0.4, 0.5) is 4.79 Å². The van der Waals surface area contributed by atoms with E-state index in [1.165, 1.54) is 32.1 Å². The highest BCUT2D eigenvalue weighted by Crippen LogP contribution is 2.32. The summed E-state index contributed by atoms with van der Waals surface area (Å²) in [6.45, 7) is 4.06. The number of likely N-dealkylation sites (tertiary alicyclic amines) is 1. The molecule has 9 nitrogen and oxygen atoms in total. The Hall–Kier alpha value is -3.20. The molecule has 0 atom stereocenters. The van der Waals surface area contributed by atoms with Gasteiger partial charge in [0.1, 0.15) is 6.10 Å². The van der Waals surface area contributed by atoms with Gasteiger partial charge in [0, 0.05) is 30.9 Å². The van der Waals surface area contributed by atoms with Crippen LogP contribution in [0.3, 0.4) is 0 Å². The monoisotopic (exact) mass is 437 g/mol. The first-order valence-corrected chi connectivity index (χ1v) is 11.2. The lowest BCUT2D eigenvalue weighted by Gasteiger charge is -2.37. The SMILES string of the molecule is Cc1c(-c2nc(-c3ccc(CN4CC(OC(=O)O)C4)cc3)no2)cnn1C1CCCCC1. The Bertz CT molecular complexity index is 1080. The second kappa shape index (κ2) is 8.74. The molecular weight excluding hydrogens is 410 g/mol. The number of carbonyl (C=O) groups is 1. The van der Waals surface area contributed by atoms with Crippen molar-refractivity contribution < 1.29 is 19.2 Å². The number of hydrogen-bond acceptors (Lipinski definition) is 7. The first-order chi connectivity index (χ1) is 15.6. The zero-order valence-electron chi connectivity index (χ0n) is 18.1. The molecule has 1 aliphatic heterocycles. The number of benzene rings is 1. The van der Waals surface area contributed by atoms with Crippen molar-refractivity contribution in [3.63, 3.8) is 0 Å². The van der Waals surface area contributed by atoms with E-state index >= 15 is 0 Å². The summed E-state index contributed by atoms with van der Waals surface area (Å²) in [4.78, 5) is 17.3. The normalized spacial score (nSPS) is 17.9. The lowest BCUT2D eigenvalue weighted by atomic mass is 9.95. The summed E-state index contributed by atoms with van der Waals surface area (Å²) in [7, 11) is 0. The molecule has 2 aromatic heterocycles. The molecular formula is C23H27N5O4. The number of nitrogens with zero attached hydrogens (tertiary/aromatic N) is 5. The molecule has 2 aliphatic rings. The number of carboxylic acid groups (broad SMARTS) is 1. The van der Waals surface area contributed by atoms with Gasteiger partial charge in [0.15, 0.2) is 0 Å². The number of rotatable bonds is 6. The van der Waals surface area contributed by atoms with Crippen LogP contribution in [0.5, 0.6) is 0 Å². The standard InChI is InChI=1S/C23H27N5O4/c1-15-20(11-24-28(15)18-5-3-2-4-6-18)22-25-21(26-32-22)17-9-7-16(8-10-17)12-27-13-19(14-27)31-23(29)30/h7-11,18-19H,2-6,12-14H2,1H3,(H,29,30). The summed E-state index contributed by atoms with van der Waals surface area (Å²) in [5.74, 6) is 1.05. The van der Waals surface area contributed by atoms with E-state index in [9.17, 15) is 4.79 Å². The molecule has 0 amide bonds. The Morgan fingerprint density at radius 1 is 1.19 bits per heavy atom. The number of ether oxygens (including phenoxy) is 1. The van der Waals surface area contributed by atoms with E-state index in [1.54, 1.807) is 0 Å². The van der Waals surface area contributed by atoms with E-state index in [2.05, 4.69) is 31.7 Å². The van der Waals surface area contributed by atoms with Crippen LogP contribution in [-0.2, 0) is 11.3 Å². The first kappa shape index (κ1) is 20.7. The molecule has 0 bridgehead atoms. The molecule has 0 radical (unpaired) electrons. The van der Waals surface area contributed by atoms with Gasteiger partial charge in [-0.25, -0.2) is 4.79 Å². The van der Waals surface area contributed by atoms with Crippen molar-refractivity contribution >= 4 is 6.16 Å². The Labute approximate surface area is 186 Å². The van der Waals surface area contributed by atoms with Crippen molar-refractivity contribution in [3.05, 3.63) is 41.7 Å². The molecule has 1 aromatic carbocycles. The minimum Gasteiger partial charge on any atom is -0.450 e. The Morgan fingerprint density at radius 3 is 2.66 bits per heavy atom. The molecule has 3 aromatic rings. The van der Waals surface area contributed by atoms with Crippen LogP contribution in [0.1, 0.15) is 49.4 Å². The highest BCUT2D eigenvalue weighted by Gasteiger charge is 2.29. The minimum atomic E-state index is -1.21. The third-order valence-corrected chi connectivity index (χ3v) is 6.43. The molecule has 0 spiro atoms. The molecule has 2 fully saturated rings. The summed E-state index contributed by atoms with van der Waals surface area (Å²) in [6, 6.07) is 8.48. The lowest BCUT2D eigenvalue weighted by molar-refractivity contribution is -0.0363. The molecule has 1 aliphatic carbocycles. The second-order valence-corrected chi connectivity index (χ2v) is 8.70. The third kappa shape index (κ3) is 4.25. The van der Waals surface area contributed by atoms with Gasteiger partial charge in [-0.3, -0.25) is 9.58 Å². The number of hydrogen-bond donors (Lipinski definition) is 1. The summed E-state index contributed by atoms with van der Waals surface area (Å²) in [5.41, 5.74) is 3.98. The molecule has 3 heterocycles. The van der Waals surface area contributed by atoms with Gasteiger partial charge < -0.3 is 14.4 Å². The van der Waals surface area contributed by atoms with E-state index in [0.29, 0.717) is 30.8 Å². The van der Waals surface area contributed by atoms with Gasteiger partial charge in [0.05, 0.1) is 17.8 Å². The smallest absolute Gasteiger partial charge is 0.450 e. The third-order valence-electron chi connectivity index (χ3n) is 6.43. The summed E-state index contributed by atoms with van der Waals surface area (Å²) >= 11 is 0. The fraction of sp³-hybridized carbons (Fsp3) is 0.478. The maximum absolute atomic E-state index is 10.6. The summed E-state index contributed by atoms with van der Waals surface area (Å²) in [5, 5.41) is 17.4. The zero-order valence-corrected chi connectivity index (χ0v) is 18.1. The molecule has 1 saturated heterocycles. The van der Waals surface area contributed by atoms with Crippen LogP contribution >= 0.6 is 0 Å². The predicted molar refractivity (Wildman–Crippen MR) is 116 cm³/mol. The zero-order chi connectivity index (χ0) is 22.1. The largest absolute Gasteiger partial charge is 0.506 e. The van der Waals surface area contributed by atoms with E-state index < -0.39 is 6.16 Å². The van der Waals surface area contributed by atoms with Crippen molar-refractivity contribution in [1.82, 2.24) is 24.8 Å². The second-order valence-electron chi connectivity index (χ2n) is 8.70. The van der Waals surface area contributed by atoms with Crippen LogP contribution in [0, 0.1) is 6.92 Å². The molecule has 32 heavy (non-hydrogen) atoms. The van der Waals surface area contributed by atoms with Crippen molar-refractivity contribution in [3.8, 4) is 22.8 Å². The van der Waals surface area contributed by atoms with E-state index in [-0.39, 0.29) is 6.10 Å². The van der Waals surface area contributed by atoms with Crippen LogP contribution in [0.2, 0.25) is 0 Å². The van der Waals surface area contributed by atoms with Gasteiger partial charge in [0.25, 0.3) is 5.89 Å². The van der Waals surface area contributed by atoms with Gasteiger partial charge in [-0.1, -0.05) is 48.7 Å². The van der Waals surface area contributed by atoms with Crippen molar-refractivity contribution in [2.75, 3.05) is 13.1 Å². The summed E-state index contributed by atoms with van der Waals surface area (Å²) in [6.07, 6.45) is 6.57. The Kier molecular flexibility index (Phi) is 5.65. The molecule has 9 heteroatoms. The quantitative estimate of drug-likeness (QED) is 0.569. The van der Waals surface area contributed by atoms with Gasteiger partial charge >= 0.3 is 6.16 Å². The summed E-state index contributed by atoms with van der Waals surface area (Å²) < 4.78 is 12.4. The maximum atomic E-state index is 10.6. The van der Waals surface area contributed by atoms with E-state index in [0.717, 1.165) is 28.9 Å². The predicted octanol–water partition coefficient (Wildman–Crippen LogP) is 4.29. The van der Waals surface area contributed by atoms with Gasteiger partial charge in [-0.15, -0.1) is 0 Å². The first-order valence-electron chi connectivity index (χ1n) is 11.2. The highest BCUT2D eigenvalue weighted by atomic mass is 16.7. The Morgan fingerprint density at radius 2 is 1.94 bits per heavy atom. The van der Waals surface area contributed by atoms with Crippen LogP contribution in [0.25, 0.3) is 22.8 Å². The maximum Gasteiger partial charge on any atom is 0.506 e. The van der Waals surface area contributed by atoms with Crippen LogP contribution in [0.15, 0.2) is 35.0 Å². The van der Waals surface area contributed by atoms with Crippen LogP contribution < -0.4 is 0 Å². The van der Waals surface area contributed by atoms with Crippen LogP contribution in [-0.4, -0.2) is 55.3 Å². The highest BCUT2D eigenvalue weighted by molar-refractivity contribution is 5.61. The van der Waals surface area contributed by atoms with Gasteiger partial charge in [-0.05, 0) is 25.3 Å². The molecule has 0 unspecified atom stereocenters. The fourth-order valence-electron chi connectivity index (χ4n) is 4.66. The molecule has 1 N–H and O–H groups in total. The van der Waals surface area contributed by atoms with Crippen molar-refractivity contribution in [1.29, 1.82) is 0 Å². The topological polar surface area (TPSA) is 107 Å². The van der Waals surface area contributed by atoms with Crippen molar-refractivity contribution in [2.24, 2.45) is 0 Å². The van der Waals surface area contributed by atoms with Crippen molar-refractivity contribution in [2.45, 2.75) is 57.7 Å². The Balaban J connectivity index is 1.23. The average molecular weight is 438 g/mol. The average Bonchev–Trinajstić information content (AvgIpc) is 3.40. The lowest BCUT2D eigenvalue weighted by Crippen LogP contribution is -2.52.